The molecule has 0 saturated heterocycles. The molecule has 1 rings (SSSR count). The third-order valence-corrected chi connectivity index (χ3v) is 3.72. The van der Waals surface area contributed by atoms with E-state index in [1.54, 1.807) is 0 Å². The fourth-order valence-corrected chi connectivity index (χ4v) is 1.58. The van der Waals surface area contributed by atoms with Gasteiger partial charge in [0.15, 0.2) is 0 Å². The summed E-state index contributed by atoms with van der Waals surface area (Å²) in [6.45, 7) is 6.97. The van der Waals surface area contributed by atoms with Gasteiger partial charge in [0.25, 0.3) is 0 Å². The molecular weight excluding hydrogens is 188 g/mol. The number of carbonyl (C=O) groups excluding carboxylic acids is 1. The minimum Gasteiger partial charge on any atom is -0.342 e. The normalized spacial score (nSPS) is 16.5. The first kappa shape index (κ1) is 12.5. The molecule has 0 atom stereocenters. The van der Waals surface area contributed by atoms with Crippen molar-refractivity contribution in [2.45, 2.75) is 58.0 Å². The minimum absolute atomic E-state index is 0.111. The van der Waals surface area contributed by atoms with Crippen LogP contribution in [-0.4, -0.2) is 36.0 Å². The average molecular weight is 212 g/mol. The number of rotatable bonds is 6. The molecule has 15 heavy (non-hydrogen) atoms. The second-order valence-corrected chi connectivity index (χ2v) is 4.86. The van der Waals surface area contributed by atoms with Crippen LogP contribution in [0.3, 0.4) is 0 Å². The lowest BCUT2D eigenvalue weighted by Gasteiger charge is -2.29. The van der Waals surface area contributed by atoms with Crippen molar-refractivity contribution in [3.05, 3.63) is 0 Å². The first-order valence-electron chi connectivity index (χ1n) is 6.03. The van der Waals surface area contributed by atoms with Gasteiger partial charge in [-0.15, -0.1) is 0 Å². The summed E-state index contributed by atoms with van der Waals surface area (Å²) in [6, 6.07) is 0.522. The quantitative estimate of drug-likeness (QED) is 0.728. The summed E-state index contributed by atoms with van der Waals surface area (Å²) < 4.78 is 0. The lowest BCUT2D eigenvalue weighted by Crippen LogP contribution is -2.47. The van der Waals surface area contributed by atoms with E-state index in [2.05, 4.69) is 26.1 Å². The molecule has 1 aliphatic carbocycles. The molecule has 1 fully saturated rings. The van der Waals surface area contributed by atoms with Crippen molar-refractivity contribution in [1.82, 2.24) is 10.2 Å². The molecule has 0 spiro atoms. The molecule has 1 saturated carbocycles. The molecule has 0 aromatic rings. The van der Waals surface area contributed by atoms with Crippen LogP contribution in [0.25, 0.3) is 0 Å². The van der Waals surface area contributed by atoms with Gasteiger partial charge in [-0.2, -0.15) is 0 Å². The fraction of sp³-hybridized carbons (Fsp3) is 0.917. The molecular formula is C12H24N2O. The fourth-order valence-electron chi connectivity index (χ4n) is 1.58. The zero-order chi connectivity index (χ0) is 11.5. The van der Waals surface area contributed by atoms with Gasteiger partial charge in [-0.3, -0.25) is 4.79 Å². The van der Waals surface area contributed by atoms with Gasteiger partial charge in [-0.05, 0) is 32.6 Å². The van der Waals surface area contributed by atoms with E-state index in [0.717, 1.165) is 12.8 Å². The summed E-state index contributed by atoms with van der Waals surface area (Å²) in [5, 5.41) is 3.37. The van der Waals surface area contributed by atoms with Gasteiger partial charge in [-0.25, -0.2) is 0 Å². The maximum Gasteiger partial charge on any atom is 0.236 e. The van der Waals surface area contributed by atoms with Crippen LogP contribution in [0.15, 0.2) is 0 Å². The summed E-state index contributed by atoms with van der Waals surface area (Å²) in [7, 11) is 1.91. The molecule has 0 unspecified atom stereocenters. The molecule has 0 radical (unpaired) electrons. The van der Waals surface area contributed by atoms with Gasteiger partial charge in [0.1, 0.15) is 0 Å². The first-order valence-corrected chi connectivity index (χ1v) is 6.03. The summed E-state index contributed by atoms with van der Waals surface area (Å²) in [5.41, 5.74) is 0.111. The SMILES string of the molecule is CCC(C)(CC)NCC(=O)N(C)C1CC1. The van der Waals surface area contributed by atoms with Crippen molar-refractivity contribution in [3.63, 3.8) is 0 Å². The monoisotopic (exact) mass is 212 g/mol. The molecule has 0 aromatic carbocycles. The maximum absolute atomic E-state index is 11.8. The van der Waals surface area contributed by atoms with Crippen LogP contribution in [0.4, 0.5) is 0 Å². The van der Waals surface area contributed by atoms with Gasteiger partial charge in [0, 0.05) is 18.6 Å². The molecule has 0 bridgehead atoms. The molecule has 0 aromatic heterocycles. The first-order chi connectivity index (χ1) is 7.02. The number of nitrogens with one attached hydrogen (secondary N) is 1. The standard InChI is InChI=1S/C12H24N2O/c1-5-12(3,6-2)13-9-11(15)14(4)10-7-8-10/h10,13H,5-9H2,1-4H3. The zero-order valence-electron chi connectivity index (χ0n) is 10.5. The summed E-state index contributed by atoms with van der Waals surface area (Å²) >= 11 is 0. The van der Waals surface area contributed by atoms with E-state index in [4.69, 9.17) is 0 Å². The van der Waals surface area contributed by atoms with Crippen LogP contribution in [0, 0.1) is 0 Å². The van der Waals surface area contributed by atoms with E-state index >= 15 is 0 Å². The lowest BCUT2D eigenvalue weighted by atomic mass is 9.96. The van der Waals surface area contributed by atoms with E-state index in [0.29, 0.717) is 12.6 Å². The zero-order valence-corrected chi connectivity index (χ0v) is 10.5. The van der Waals surface area contributed by atoms with Crippen LogP contribution in [-0.2, 0) is 4.79 Å². The summed E-state index contributed by atoms with van der Waals surface area (Å²) in [5.74, 6) is 0.227. The number of likely N-dealkylation sites (N-methyl/N-ethyl adjacent to an activating group) is 1. The Labute approximate surface area is 93.2 Å². The number of nitrogens with zero attached hydrogens (tertiary/aromatic N) is 1. The predicted molar refractivity (Wildman–Crippen MR) is 62.8 cm³/mol. The Hall–Kier alpha value is -0.570. The van der Waals surface area contributed by atoms with Crippen LogP contribution < -0.4 is 5.32 Å². The number of hydrogen-bond donors (Lipinski definition) is 1. The molecule has 88 valence electrons. The minimum atomic E-state index is 0.111. The highest BCUT2D eigenvalue weighted by atomic mass is 16.2. The second kappa shape index (κ2) is 4.97. The highest BCUT2D eigenvalue weighted by molar-refractivity contribution is 5.78. The van der Waals surface area contributed by atoms with Gasteiger partial charge in [0.05, 0.1) is 6.54 Å². The van der Waals surface area contributed by atoms with Gasteiger partial charge in [0.2, 0.25) is 5.91 Å². The molecule has 1 aliphatic rings. The Kier molecular flexibility index (Phi) is 4.14. The smallest absolute Gasteiger partial charge is 0.236 e. The summed E-state index contributed by atoms with van der Waals surface area (Å²) in [6.07, 6.45) is 4.48. The number of amides is 1. The molecule has 0 aliphatic heterocycles. The number of hydrogen-bond acceptors (Lipinski definition) is 2. The molecule has 1 N–H and O–H groups in total. The molecule has 0 heterocycles. The average Bonchev–Trinajstić information content (AvgIpc) is 3.08. The van der Waals surface area contributed by atoms with E-state index in [1.165, 1.54) is 12.8 Å². The Morgan fingerprint density at radius 2 is 1.93 bits per heavy atom. The Morgan fingerprint density at radius 1 is 1.40 bits per heavy atom. The van der Waals surface area contributed by atoms with Crippen molar-refractivity contribution >= 4 is 5.91 Å². The van der Waals surface area contributed by atoms with Crippen LogP contribution in [0.5, 0.6) is 0 Å². The van der Waals surface area contributed by atoms with E-state index in [1.807, 2.05) is 11.9 Å². The largest absolute Gasteiger partial charge is 0.342 e. The van der Waals surface area contributed by atoms with Crippen molar-refractivity contribution in [2.24, 2.45) is 0 Å². The molecule has 3 heteroatoms. The lowest BCUT2D eigenvalue weighted by molar-refractivity contribution is -0.129. The third kappa shape index (κ3) is 3.49. The molecule has 1 amide bonds. The second-order valence-electron chi connectivity index (χ2n) is 4.86. The molecule has 3 nitrogen and oxygen atoms in total. The van der Waals surface area contributed by atoms with E-state index in [-0.39, 0.29) is 11.4 Å². The van der Waals surface area contributed by atoms with Crippen molar-refractivity contribution < 1.29 is 4.79 Å². The van der Waals surface area contributed by atoms with Crippen LogP contribution in [0.1, 0.15) is 46.5 Å². The predicted octanol–water partition coefficient (Wildman–Crippen LogP) is 1.78. The Bertz CT molecular complexity index is 220. The van der Waals surface area contributed by atoms with Gasteiger partial charge in [-0.1, -0.05) is 13.8 Å². The van der Waals surface area contributed by atoms with Gasteiger partial charge < -0.3 is 10.2 Å². The third-order valence-electron chi connectivity index (χ3n) is 3.72. The van der Waals surface area contributed by atoms with Crippen LogP contribution >= 0.6 is 0 Å². The van der Waals surface area contributed by atoms with E-state index in [9.17, 15) is 4.79 Å². The van der Waals surface area contributed by atoms with Crippen LogP contribution in [0.2, 0.25) is 0 Å². The Morgan fingerprint density at radius 3 is 2.33 bits per heavy atom. The topological polar surface area (TPSA) is 32.3 Å². The van der Waals surface area contributed by atoms with Crippen molar-refractivity contribution in [1.29, 1.82) is 0 Å². The van der Waals surface area contributed by atoms with Crippen molar-refractivity contribution in [2.75, 3.05) is 13.6 Å². The van der Waals surface area contributed by atoms with Gasteiger partial charge >= 0.3 is 0 Å². The Balaban J connectivity index is 2.31. The van der Waals surface area contributed by atoms with E-state index < -0.39 is 0 Å². The summed E-state index contributed by atoms with van der Waals surface area (Å²) in [4.78, 5) is 13.7. The maximum atomic E-state index is 11.8. The number of carbonyl (C=O) groups is 1. The highest BCUT2D eigenvalue weighted by Crippen LogP contribution is 2.25. The van der Waals surface area contributed by atoms with Crippen molar-refractivity contribution in [3.8, 4) is 0 Å². The highest BCUT2D eigenvalue weighted by Gasteiger charge is 2.30.